The van der Waals surface area contributed by atoms with Crippen LogP contribution < -0.4 is 5.32 Å². The molecular formula is C15H21FN2O3. The van der Waals surface area contributed by atoms with Gasteiger partial charge in [-0.25, -0.2) is 4.39 Å². The van der Waals surface area contributed by atoms with Crippen molar-refractivity contribution in [1.29, 1.82) is 0 Å². The smallest absolute Gasteiger partial charge is 0.257 e. The number of benzene rings is 1. The zero-order valence-corrected chi connectivity index (χ0v) is 12.6. The van der Waals surface area contributed by atoms with E-state index in [-0.39, 0.29) is 18.0 Å². The molecule has 1 rings (SSSR count). The van der Waals surface area contributed by atoms with Gasteiger partial charge in [0.15, 0.2) is 0 Å². The van der Waals surface area contributed by atoms with Gasteiger partial charge in [0.25, 0.3) is 5.91 Å². The SMILES string of the molecule is COCCCNC(=O)CN(C)C(=O)c1ccc(C)cc1F. The van der Waals surface area contributed by atoms with Crippen LogP contribution in [0.15, 0.2) is 18.2 Å². The highest BCUT2D eigenvalue weighted by atomic mass is 19.1. The Morgan fingerprint density at radius 2 is 2.10 bits per heavy atom. The summed E-state index contributed by atoms with van der Waals surface area (Å²) in [4.78, 5) is 24.9. The molecule has 0 radical (unpaired) electrons. The largest absolute Gasteiger partial charge is 0.385 e. The lowest BCUT2D eigenvalue weighted by atomic mass is 10.1. The maximum atomic E-state index is 13.7. The van der Waals surface area contributed by atoms with Crippen LogP contribution in [-0.2, 0) is 9.53 Å². The van der Waals surface area contributed by atoms with Crippen molar-refractivity contribution >= 4 is 11.8 Å². The summed E-state index contributed by atoms with van der Waals surface area (Å²) in [6.07, 6.45) is 0.701. The third-order valence-electron chi connectivity index (χ3n) is 2.93. The minimum atomic E-state index is -0.577. The van der Waals surface area contributed by atoms with Crippen LogP contribution in [0.25, 0.3) is 0 Å². The van der Waals surface area contributed by atoms with Crippen molar-refractivity contribution < 1.29 is 18.7 Å². The first-order valence-corrected chi connectivity index (χ1v) is 6.73. The lowest BCUT2D eigenvalue weighted by Crippen LogP contribution is -2.39. The number of likely N-dealkylation sites (N-methyl/N-ethyl adjacent to an activating group) is 1. The van der Waals surface area contributed by atoms with E-state index in [2.05, 4.69) is 5.32 Å². The van der Waals surface area contributed by atoms with Gasteiger partial charge in [0, 0.05) is 27.3 Å². The van der Waals surface area contributed by atoms with E-state index in [0.717, 1.165) is 5.56 Å². The van der Waals surface area contributed by atoms with Crippen LogP contribution in [0, 0.1) is 12.7 Å². The highest BCUT2D eigenvalue weighted by Crippen LogP contribution is 2.11. The van der Waals surface area contributed by atoms with Gasteiger partial charge in [-0.05, 0) is 31.0 Å². The summed E-state index contributed by atoms with van der Waals surface area (Å²) >= 11 is 0. The number of methoxy groups -OCH3 is 1. The van der Waals surface area contributed by atoms with Crippen molar-refractivity contribution in [2.24, 2.45) is 0 Å². The van der Waals surface area contributed by atoms with Crippen molar-refractivity contribution in [3.05, 3.63) is 35.1 Å². The molecular weight excluding hydrogens is 275 g/mol. The molecule has 0 aromatic heterocycles. The second kappa shape index (κ2) is 8.36. The fourth-order valence-electron chi connectivity index (χ4n) is 1.79. The van der Waals surface area contributed by atoms with Crippen molar-refractivity contribution in [2.75, 3.05) is 33.9 Å². The molecule has 116 valence electrons. The van der Waals surface area contributed by atoms with Crippen LogP contribution in [0.2, 0.25) is 0 Å². The molecule has 1 aromatic carbocycles. The number of nitrogens with zero attached hydrogens (tertiary/aromatic N) is 1. The lowest BCUT2D eigenvalue weighted by molar-refractivity contribution is -0.121. The van der Waals surface area contributed by atoms with Crippen molar-refractivity contribution in [1.82, 2.24) is 10.2 Å². The standard InChI is InChI=1S/C15H21FN2O3/c1-11-5-6-12(13(16)9-11)15(20)18(2)10-14(19)17-7-4-8-21-3/h5-6,9H,4,7-8,10H2,1-3H3,(H,17,19). The Hall–Kier alpha value is -1.95. The minimum absolute atomic E-state index is 0.0321. The predicted molar refractivity (Wildman–Crippen MR) is 77.6 cm³/mol. The molecule has 0 atom stereocenters. The fourth-order valence-corrected chi connectivity index (χ4v) is 1.79. The molecule has 0 heterocycles. The van der Waals surface area contributed by atoms with Crippen LogP contribution in [0.3, 0.4) is 0 Å². The van der Waals surface area contributed by atoms with E-state index in [1.54, 1.807) is 20.1 Å². The third-order valence-corrected chi connectivity index (χ3v) is 2.93. The Bertz CT molecular complexity index is 506. The van der Waals surface area contributed by atoms with Crippen LogP contribution >= 0.6 is 0 Å². The first-order chi connectivity index (χ1) is 9.95. The molecule has 0 unspecified atom stereocenters. The Morgan fingerprint density at radius 3 is 2.71 bits per heavy atom. The summed E-state index contributed by atoms with van der Waals surface area (Å²) < 4.78 is 18.6. The third kappa shape index (κ3) is 5.51. The fraction of sp³-hybridized carbons (Fsp3) is 0.467. The molecule has 0 saturated heterocycles. The van der Waals surface area contributed by atoms with E-state index in [9.17, 15) is 14.0 Å². The van der Waals surface area contributed by atoms with Gasteiger partial charge in [0.05, 0.1) is 12.1 Å². The summed E-state index contributed by atoms with van der Waals surface area (Å²) in [5.74, 6) is -1.37. The number of hydrogen-bond acceptors (Lipinski definition) is 3. The number of halogens is 1. The Labute approximate surface area is 124 Å². The molecule has 21 heavy (non-hydrogen) atoms. The summed E-state index contributed by atoms with van der Waals surface area (Å²) in [6.45, 7) is 2.67. The van der Waals surface area contributed by atoms with Crippen molar-refractivity contribution in [2.45, 2.75) is 13.3 Å². The molecule has 0 aliphatic rings. The Morgan fingerprint density at radius 1 is 1.38 bits per heavy atom. The molecule has 5 nitrogen and oxygen atoms in total. The monoisotopic (exact) mass is 296 g/mol. The van der Waals surface area contributed by atoms with Gasteiger partial charge >= 0.3 is 0 Å². The second-order valence-corrected chi connectivity index (χ2v) is 4.84. The number of ether oxygens (including phenoxy) is 1. The average molecular weight is 296 g/mol. The normalized spacial score (nSPS) is 10.3. The van der Waals surface area contributed by atoms with Crippen LogP contribution in [0.4, 0.5) is 4.39 Å². The molecule has 6 heteroatoms. The number of nitrogens with one attached hydrogen (secondary N) is 1. The van der Waals surface area contributed by atoms with E-state index < -0.39 is 11.7 Å². The van der Waals surface area contributed by atoms with Gasteiger partial charge in [-0.15, -0.1) is 0 Å². The average Bonchev–Trinajstić information content (AvgIpc) is 2.43. The maximum absolute atomic E-state index is 13.7. The van der Waals surface area contributed by atoms with Crippen LogP contribution in [0.1, 0.15) is 22.3 Å². The van der Waals surface area contributed by atoms with E-state index in [4.69, 9.17) is 4.74 Å². The minimum Gasteiger partial charge on any atom is -0.385 e. The molecule has 0 aliphatic carbocycles. The number of rotatable bonds is 7. The number of amides is 2. The van der Waals surface area contributed by atoms with Gasteiger partial charge in [0.2, 0.25) is 5.91 Å². The summed E-state index contributed by atoms with van der Waals surface area (Å²) in [5, 5.41) is 2.67. The molecule has 2 amide bonds. The van der Waals surface area contributed by atoms with Crippen LogP contribution in [-0.4, -0.2) is 50.6 Å². The summed E-state index contributed by atoms with van der Waals surface area (Å²) in [5.41, 5.74) is 0.706. The van der Waals surface area contributed by atoms with Crippen molar-refractivity contribution in [3.8, 4) is 0 Å². The topological polar surface area (TPSA) is 58.6 Å². The van der Waals surface area contributed by atoms with Crippen molar-refractivity contribution in [3.63, 3.8) is 0 Å². The van der Waals surface area contributed by atoms with Gasteiger partial charge < -0.3 is 15.0 Å². The Kier molecular flexibility index (Phi) is 6.81. The van der Waals surface area contributed by atoms with E-state index >= 15 is 0 Å². The second-order valence-electron chi connectivity index (χ2n) is 4.84. The predicted octanol–water partition coefficient (Wildman–Crippen LogP) is 1.36. The first kappa shape index (κ1) is 17.1. The summed E-state index contributed by atoms with van der Waals surface area (Å²) in [6, 6.07) is 4.39. The summed E-state index contributed by atoms with van der Waals surface area (Å²) in [7, 11) is 3.06. The zero-order valence-electron chi connectivity index (χ0n) is 12.6. The maximum Gasteiger partial charge on any atom is 0.257 e. The van der Waals surface area contributed by atoms with Crippen LogP contribution in [0.5, 0.6) is 0 Å². The quantitative estimate of drug-likeness (QED) is 0.773. The van der Waals surface area contributed by atoms with Gasteiger partial charge in [-0.1, -0.05) is 6.07 Å². The molecule has 0 spiro atoms. The molecule has 1 N–H and O–H groups in total. The van der Waals surface area contributed by atoms with E-state index in [1.165, 1.54) is 24.1 Å². The lowest BCUT2D eigenvalue weighted by Gasteiger charge is -2.17. The van der Waals surface area contributed by atoms with Gasteiger partial charge in [-0.2, -0.15) is 0 Å². The molecule has 0 aliphatic heterocycles. The molecule has 0 saturated carbocycles. The number of aryl methyl sites for hydroxylation is 1. The zero-order chi connectivity index (χ0) is 15.8. The highest BCUT2D eigenvalue weighted by Gasteiger charge is 2.18. The van der Waals surface area contributed by atoms with E-state index in [1.807, 2.05) is 0 Å². The van der Waals surface area contributed by atoms with Gasteiger partial charge in [-0.3, -0.25) is 9.59 Å². The van der Waals surface area contributed by atoms with Gasteiger partial charge in [0.1, 0.15) is 5.82 Å². The first-order valence-electron chi connectivity index (χ1n) is 6.73. The number of carbonyl (C=O) groups excluding carboxylic acids is 2. The molecule has 0 bridgehead atoms. The number of hydrogen-bond donors (Lipinski definition) is 1. The molecule has 1 aromatic rings. The molecule has 0 fully saturated rings. The number of carbonyl (C=O) groups is 2. The highest BCUT2D eigenvalue weighted by molar-refractivity contribution is 5.96. The Balaban J connectivity index is 2.52. The van der Waals surface area contributed by atoms with E-state index in [0.29, 0.717) is 19.6 Å².